The molecule has 0 atom stereocenters. The van der Waals surface area contributed by atoms with Crippen molar-refractivity contribution in [2.45, 2.75) is 32.5 Å². The zero-order chi connectivity index (χ0) is 12.0. The van der Waals surface area contributed by atoms with E-state index in [4.69, 9.17) is 0 Å². The molecule has 1 aromatic carbocycles. The minimum absolute atomic E-state index is 0.109. The van der Waals surface area contributed by atoms with E-state index in [-0.39, 0.29) is 5.75 Å². The summed E-state index contributed by atoms with van der Waals surface area (Å²) in [7, 11) is 0. The number of unbranched alkanes of at least 4 members (excludes halogenated alkanes) is 2. The monoisotopic (exact) mass is 231 g/mol. The van der Waals surface area contributed by atoms with E-state index >= 15 is 0 Å². The molecule has 0 amide bonds. The van der Waals surface area contributed by atoms with Gasteiger partial charge in [0.15, 0.2) is 0 Å². The van der Waals surface area contributed by atoms with Gasteiger partial charge >= 0.3 is 6.36 Å². The summed E-state index contributed by atoms with van der Waals surface area (Å²) >= 11 is 0. The van der Waals surface area contributed by atoms with Crippen LogP contribution < -0.4 is 4.74 Å². The average Bonchev–Trinajstić information content (AvgIpc) is 2.19. The first-order chi connectivity index (χ1) is 7.53. The van der Waals surface area contributed by atoms with Crippen LogP contribution in [0.15, 0.2) is 24.3 Å². The van der Waals surface area contributed by atoms with Crippen molar-refractivity contribution >= 4 is 0 Å². The highest BCUT2D eigenvalue weighted by Gasteiger charge is 2.31. The van der Waals surface area contributed by atoms with Crippen molar-refractivity contribution in [3.8, 4) is 5.75 Å². The number of ether oxygens (including phenoxy) is 1. The molecule has 0 fully saturated rings. The molecule has 0 bridgehead atoms. The minimum atomic E-state index is -4.62. The van der Waals surface area contributed by atoms with Crippen LogP contribution in [0.25, 0.3) is 0 Å². The first kappa shape index (κ1) is 12.9. The summed E-state index contributed by atoms with van der Waals surface area (Å²) < 4.78 is 40.2. The number of hydrogen-bond donors (Lipinski definition) is 0. The number of benzene rings is 1. The van der Waals surface area contributed by atoms with Gasteiger partial charge in [0.1, 0.15) is 5.75 Å². The standard InChI is InChI=1S/C12H14F3O/c1-2-3-4-7-10-8-5-6-9-11(10)16-12(13,14)15/h4-6,8-9H,2-3,7H2,1H3. The van der Waals surface area contributed by atoms with Crippen molar-refractivity contribution < 1.29 is 17.9 Å². The highest BCUT2D eigenvalue weighted by molar-refractivity contribution is 5.34. The lowest BCUT2D eigenvalue weighted by Crippen LogP contribution is -2.18. The zero-order valence-electron chi connectivity index (χ0n) is 9.05. The molecular formula is C12H14F3O. The summed E-state index contributed by atoms with van der Waals surface area (Å²) in [6.45, 7) is 2.02. The summed E-state index contributed by atoms with van der Waals surface area (Å²) in [4.78, 5) is 0. The minimum Gasteiger partial charge on any atom is -0.406 e. The van der Waals surface area contributed by atoms with Crippen molar-refractivity contribution in [1.82, 2.24) is 0 Å². The van der Waals surface area contributed by atoms with Gasteiger partial charge in [0.25, 0.3) is 0 Å². The van der Waals surface area contributed by atoms with E-state index in [1.807, 2.05) is 13.3 Å². The van der Waals surface area contributed by atoms with Gasteiger partial charge < -0.3 is 4.74 Å². The number of para-hydroxylation sites is 1. The van der Waals surface area contributed by atoms with Crippen LogP contribution in [0.2, 0.25) is 0 Å². The fourth-order valence-corrected chi connectivity index (χ4v) is 1.36. The van der Waals surface area contributed by atoms with Crippen molar-refractivity contribution in [1.29, 1.82) is 0 Å². The van der Waals surface area contributed by atoms with Crippen LogP contribution in [0.3, 0.4) is 0 Å². The Hall–Kier alpha value is -1.19. The van der Waals surface area contributed by atoms with Crippen LogP contribution in [0.4, 0.5) is 13.2 Å². The Morgan fingerprint density at radius 1 is 1.25 bits per heavy atom. The predicted molar refractivity (Wildman–Crippen MR) is 56.0 cm³/mol. The molecule has 0 unspecified atom stereocenters. The summed E-state index contributed by atoms with van der Waals surface area (Å²) in [6.07, 6.45) is -0.290. The summed E-state index contributed by atoms with van der Waals surface area (Å²) in [5, 5.41) is 0. The SMILES string of the molecule is CCC[CH]Cc1ccccc1OC(F)(F)F. The van der Waals surface area contributed by atoms with E-state index in [1.165, 1.54) is 12.1 Å². The van der Waals surface area contributed by atoms with Crippen molar-refractivity contribution in [3.05, 3.63) is 36.2 Å². The van der Waals surface area contributed by atoms with E-state index in [0.717, 1.165) is 12.8 Å². The fourth-order valence-electron chi connectivity index (χ4n) is 1.36. The largest absolute Gasteiger partial charge is 0.573 e. The molecule has 0 aromatic heterocycles. The molecule has 0 spiro atoms. The van der Waals surface area contributed by atoms with Gasteiger partial charge in [0.2, 0.25) is 0 Å². The van der Waals surface area contributed by atoms with Crippen LogP contribution in [-0.4, -0.2) is 6.36 Å². The van der Waals surface area contributed by atoms with Crippen molar-refractivity contribution in [2.75, 3.05) is 0 Å². The second-order valence-corrected chi connectivity index (χ2v) is 3.44. The zero-order valence-corrected chi connectivity index (χ0v) is 9.05. The molecule has 1 radical (unpaired) electrons. The van der Waals surface area contributed by atoms with E-state index in [2.05, 4.69) is 4.74 Å². The molecule has 0 aliphatic rings. The predicted octanol–water partition coefficient (Wildman–Crippen LogP) is 4.13. The molecule has 16 heavy (non-hydrogen) atoms. The third-order valence-electron chi connectivity index (χ3n) is 2.06. The molecule has 89 valence electrons. The van der Waals surface area contributed by atoms with Gasteiger partial charge in [-0.05, 0) is 24.5 Å². The molecule has 0 aliphatic heterocycles. The van der Waals surface area contributed by atoms with Crippen LogP contribution in [0, 0.1) is 6.42 Å². The van der Waals surface area contributed by atoms with E-state index in [1.54, 1.807) is 12.1 Å². The molecule has 0 saturated carbocycles. The third-order valence-corrected chi connectivity index (χ3v) is 2.06. The van der Waals surface area contributed by atoms with Gasteiger partial charge in [-0.25, -0.2) is 0 Å². The molecule has 0 N–H and O–H groups in total. The molecular weight excluding hydrogens is 217 g/mol. The number of alkyl halides is 3. The Morgan fingerprint density at radius 2 is 1.94 bits per heavy atom. The number of rotatable bonds is 5. The van der Waals surface area contributed by atoms with Crippen LogP contribution in [0.1, 0.15) is 25.3 Å². The van der Waals surface area contributed by atoms with E-state index in [9.17, 15) is 13.2 Å². The van der Waals surface area contributed by atoms with Gasteiger partial charge in [0, 0.05) is 0 Å². The maximum absolute atomic E-state index is 12.1. The van der Waals surface area contributed by atoms with Crippen molar-refractivity contribution in [2.24, 2.45) is 0 Å². The lowest BCUT2D eigenvalue weighted by molar-refractivity contribution is -0.274. The lowest BCUT2D eigenvalue weighted by atomic mass is 10.1. The number of halogens is 3. The smallest absolute Gasteiger partial charge is 0.406 e. The quantitative estimate of drug-likeness (QED) is 0.692. The Balaban J connectivity index is 2.68. The number of hydrogen-bond acceptors (Lipinski definition) is 1. The molecule has 0 aliphatic carbocycles. The van der Waals surface area contributed by atoms with E-state index < -0.39 is 6.36 Å². The van der Waals surface area contributed by atoms with Crippen LogP contribution in [-0.2, 0) is 6.42 Å². The van der Waals surface area contributed by atoms with Crippen LogP contribution >= 0.6 is 0 Å². The first-order valence-electron chi connectivity index (χ1n) is 5.18. The molecule has 0 saturated heterocycles. The second kappa shape index (κ2) is 5.77. The molecule has 0 heterocycles. The van der Waals surface area contributed by atoms with E-state index in [0.29, 0.717) is 12.0 Å². The summed E-state index contributed by atoms with van der Waals surface area (Å²) in [6, 6.07) is 6.22. The highest BCUT2D eigenvalue weighted by atomic mass is 19.4. The molecule has 1 aromatic rings. The summed E-state index contributed by atoms with van der Waals surface area (Å²) in [5.41, 5.74) is 0.563. The van der Waals surface area contributed by atoms with Crippen LogP contribution in [0.5, 0.6) is 5.75 Å². The topological polar surface area (TPSA) is 9.23 Å². The van der Waals surface area contributed by atoms with Gasteiger partial charge in [-0.2, -0.15) is 0 Å². The maximum atomic E-state index is 12.1. The fraction of sp³-hybridized carbons (Fsp3) is 0.417. The van der Waals surface area contributed by atoms with Gasteiger partial charge in [0.05, 0.1) is 0 Å². The normalized spacial score (nSPS) is 11.5. The van der Waals surface area contributed by atoms with Crippen molar-refractivity contribution in [3.63, 3.8) is 0 Å². The summed E-state index contributed by atoms with van der Waals surface area (Å²) in [5.74, 6) is -0.109. The molecule has 1 rings (SSSR count). The average molecular weight is 231 g/mol. The third kappa shape index (κ3) is 4.55. The lowest BCUT2D eigenvalue weighted by Gasteiger charge is -2.12. The van der Waals surface area contributed by atoms with Gasteiger partial charge in [-0.15, -0.1) is 13.2 Å². The Bertz CT molecular complexity index is 320. The van der Waals surface area contributed by atoms with Gasteiger partial charge in [-0.1, -0.05) is 38.0 Å². The first-order valence-corrected chi connectivity index (χ1v) is 5.18. The molecule has 4 heteroatoms. The van der Waals surface area contributed by atoms with Gasteiger partial charge in [-0.3, -0.25) is 0 Å². The second-order valence-electron chi connectivity index (χ2n) is 3.44. The highest BCUT2D eigenvalue weighted by Crippen LogP contribution is 2.27. The Kier molecular flexibility index (Phi) is 4.65. The Morgan fingerprint density at radius 3 is 2.56 bits per heavy atom. The maximum Gasteiger partial charge on any atom is 0.573 e. The Labute approximate surface area is 93.2 Å². The molecule has 1 nitrogen and oxygen atoms in total.